The quantitative estimate of drug-likeness (QED) is 0.640. The van der Waals surface area contributed by atoms with Gasteiger partial charge in [-0.25, -0.2) is 4.79 Å². The topological polar surface area (TPSA) is 64.6 Å². The van der Waals surface area contributed by atoms with Gasteiger partial charge in [0.05, 0.1) is 0 Å². The number of amides is 1. The zero-order valence-electron chi connectivity index (χ0n) is 15.1. The summed E-state index contributed by atoms with van der Waals surface area (Å²) in [5.41, 5.74) is 0.655. The van der Waals surface area contributed by atoms with E-state index in [1.165, 1.54) is 0 Å². The highest BCUT2D eigenvalue weighted by Crippen LogP contribution is 2.19. The number of nitrogens with one attached hydrogen (secondary N) is 1. The Morgan fingerprint density at radius 2 is 1.63 bits per heavy atom. The molecule has 1 atom stereocenters. The van der Waals surface area contributed by atoms with Crippen molar-refractivity contribution >= 4 is 28.3 Å². The highest BCUT2D eigenvalue weighted by molar-refractivity contribution is 5.95. The van der Waals surface area contributed by atoms with Crippen LogP contribution < -0.4 is 10.1 Å². The first kappa shape index (κ1) is 18.5. The molecule has 0 saturated carbocycles. The Morgan fingerprint density at radius 3 is 2.37 bits per heavy atom. The first-order valence-electron chi connectivity index (χ1n) is 8.82. The molecule has 3 rings (SSSR count). The Morgan fingerprint density at radius 1 is 0.926 bits per heavy atom. The van der Waals surface area contributed by atoms with Gasteiger partial charge in [0.1, 0.15) is 5.75 Å². The number of hydrogen-bond acceptors (Lipinski definition) is 4. The van der Waals surface area contributed by atoms with E-state index in [2.05, 4.69) is 5.32 Å². The third-order valence-electron chi connectivity index (χ3n) is 4.03. The first-order chi connectivity index (χ1) is 13.2. The molecule has 0 radical (unpaired) electrons. The number of fused-ring (bicyclic) bond motifs is 1. The van der Waals surface area contributed by atoms with E-state index in [1.807, 2.05) is 67.6 Å². The van der Waals surface area contributed by atoms with Crippen molar-refractivity contribution in [3.8, 4) is 5.75 Å². The Labute approximate surface area is 157 Å². The summed E-state index contributed by atoms with van der Waals surface area (Å²) in [6, 6.07) is 22.5. The average Bonchev–Trinajstić information content (AvgIpc) is 2.71. The summed E-state index contributed by atoms with van der Waals surface area (Å²) in [4.78, 5) is 24.3. The summed E-state index contributed by atoms with van der Waals surface area (Å²) in [6.07, 6.45) is -0.305. The monoisotopic (exact) mass is 363 g/mol. The van der Waals surface area contributed by atoms with Gasteiger partial charge in [-0.2, -0.15) is 0 Å². The van der Waals surface area contributed by atoms with E-state index in [4.69, 9.17) is 9.47 Å². The maximum atomic E-state index is 12.2. The smallest absolute Gasteiger partial charge is 0.347 e. The van der Waals surface area contributed by atoms with Crippen LogP contribution in [-0.4, -0.2) is 24.6 Å². The van der Waals surface area contributed by atoms with Gasteiger partial charge in [-0.3, -0.25) is 4.79 Å². The molecule has 0 spiro atoms. The van der Waals surface area contributed by atoms with E-state index < -0.39 is 18.0 Å². The van der Waals surface area contributed by atoms with Crippen LogP contribution in [0, 0.1) is 0 Å². The maximum absolute atomic E-state index is 12.2. The Balaban J connectivity index is 1.53. The van der Waals surface area contributed by atoms with E-state index in [0.717, 1.165) is 10.8 Å². The molecule has 0 aliphatic heterocycles. The highest BCUT2D eigenvalue weighted by atomic mass is 16.6. The summed E-state index contributed by atoms with van der Waals surface area (Å²) in [6.45, 7) is 1.46. The minimum atomic E-state index is -0.749. The van der Waals surface area contributed by atoms with Crippen LogP contribution in [0.5, 0.6) is 5.75 Å². The molecule has 27 heavy (non-hydrogen) atoms. The van der Waals surface area contributed by atoms with Crippen molar-refractivity contribution in [1.82, 2.24) is 0 Å². The van der Waals surface area contributed by atoms with E-state index >= 15 is 0 Å². The molecule has 5 nitrogen and oxygen atoms in total. The summed E-state index contributed by atoms with van der Waals surface area (Å²) in [5.74, 6) is -0.370. The van der Waals surface area contributed by atoms with E-state index in [-0.39, 0.29) is 6.61 Å². The molecule has 5 heteroatoms. The van der Waals surface area contributed by atoms with Crippen LogP contribution in [0.15, 0.2) is 72.8 Å². The van der Waals surface area contributed by atoms with E-state index in [0.29, 0.717) is 17.9 Å². The van der Waals surface area contributed by atoms with Crippen molar-refractivity contribution < 1.29 is 19.1 Å². The number of carbonyl (C=O) groups is 2. The summed E-state index contributed by atoms with van der Waals surface area (Å²) < 4.78 is 10.7. The largest absolute Gasteiger partial charge is 0.479 e. The molecule has 0 bridgehead atoms. The molecule has 0 aromatic heterocycles. The van der Waals surface area contributed by atoms with Crippen LogP contribution in [0.4, 0.5) is 5.69 Å². The molecular formula is C22H21NO4. The lowest BCUT2D eigenvalue weighted by Gasteiger charge is -2.16. The minimum Gasteiger partial charge on any atom is -0.479 e. The molecule has 0 fully saturated rings. The first-order valence-corrected chi connectivity index (χ1v) is 8.82. The van der Waals surface area contributed by atoms with Crippen molar-refractivity contribution in [3.05, 3.63) is 72.8 Å². The number of ether oxygens (including phenoxy) is 2. The Bertz CT molecular complexity index is 924. The molecular weight excluding hydrogens is 342 g/mol. The SMILES string of the molecule is CC[C@@H](Oc1ccccc1)C(=O)OCC(=O)Nc1ccc2ccccc2c1. The molecule has 0 aliphatic carbocycles. The lowest BCUT2D eigenvalue weighted by atomic mass is 10.1. The molecule has 0 aliphatic rings. The van der Waals surface area contributed by atoms with Gasteiger partial charge in [0, 0.05) is 5.69 Å². The minimum absolute atomic E-state index is 0.361. The van der Waals surface area contributed by atoms with Gasteiger partial charge in [0.2, 0.25) is 0 Å². The zero-order valence-corrected chi connectivity index (χ0v) is 15.1. The predicted molar refractivity (Wildman–Crippen MR) is 105 cm³/mol. The molecule has 1 N–H and O–H groups in total. The fourth-order valence-corrected chi connectivity index (χ4v) is 2.66. The maximum Gasteiger partial charge on any atom is 0.347 e. The van der Waals surface area contributed by atoms with Gasteiger partial charge in [-0.05, 0) is 41.5 Å². The molecule has 3 aromatic carbocycles. The average molecular weight is 363 g/mol. The molecule has 138 valence electrons. The van der Waals surface area contributed by atoms with Crippen LogP contribution >= 0.6 is 0 Å². The van der Waals surface area contributed by atoms with Crippen LogP contribution in [-0.2, 0) is 14.3 Å². The van der Waals surface area contributed by atoms with Gasteiger partial charge in [0.25, 0.3) is 5.91 Å². The summed E-state index contributed by atoms with van der Waals surface area (Å²) in [5, 5.41) is 4.85. The fraction of sp³-hybridized carbons (Fsp3) is 0.182. The molecule has 1 amide bonds. The zero-order chi connectivity index (χ0) is 19.1. The van der Waals surface area contributed by atoms with Gasteiger partial charge in [0.15, 0.2) is 12.7 Å². The second-order valence-electron chi connectivity index (χ2n) is 6.05. The number of carbonyl (C=O) groups excluding carboxylic acids is 2. The standard InChI is InChI=1S/C22H21NO4/c1-2-20(27-19-10-4-3-5-11-19)22(25)26-15-21(24)23-18-13-12-16-8-6-7-9-17(16)14-18/h3-14,20H,2,15H2,1H3,(H,23,24)/t20-/m1/s1. The lowest BCUT2D eigenvalue weighted by molar-refractivity contribution is -0.154. The molecule has 0 heterocycles. The van der Waals surface area contributed by atoms with E-state index in [1.54, 1.807) is 12.1 Å². The molecule has 0 unspecified atom stereocenters. The number of hydrogen-bond donors (Lipinski definition) is 1. The van der Waals surface area contributed by atoms with Crippen molar-refractivity contribution in [2.45, 2.75) is 19.4 Å². The number of benzene rings is 3. The molecule has 3 aromatic rings. The van der Waals surface area contributed by atoms with Crippen LogP contribution in [0.2, 0.25) is 0 Å². The normalized spacial score (nSPS) is 11.6. The van der Waals surface area contributed by atoms with Crippen molar-refractivity contribution in [2.75, 3.05) is 11.9 Å². The number of anilines is 1. The van der Waals surface area contributed by atoms with Gasteiger partial charge in [-0.1, -0.05) is 55.5 Å². The summed E-state index contributed by atoms with van der Waals surface area (Å²) >= 11 is 0. The third kappa shape index (κ3) is 5.07. The Kier molecular flexibility index (Phi) is 6.05. The second-order valence-corrected chi connectivity index (χ2v) is 6.05. The van der Waals surface area contributed by atoms with Crippen LogP contribution in [0.1, 0.15) is 13.3 Å². The fourth-order valence-electron chi connectivity index (χ4n) is 2.66. The van der Waals surface area contributed by atoms with Crippen LogP contribution in [0.3, 0.4) is 0 Å². The summed E-state index contributed by atoms with van der Waals surface area (Å²) in [7, 11) is 0. The van der Waals surface area contributed by atoms with Gasteiger partial charge in [-0.15, -0.1) is 0 Å². The van der Waals surface area contributed by atoms with Gasteiger partial charge < -0.3 is 14.8 Å². The van der Waals surface area contributed by atoms with E-state index in [9.17, 15) is 9.59 Å². The predicted octanol–water partition coefficient (Wildman–Crippen LogP) is 4.18. The Hall–Kier alpha value is -3.34. The lowest BCUT2D eigenvalue weighted by Crippen LogP contribution is -2.31. The molecule has 0 saturated heterocycles. The van der Waals surface area contributed by atoms with Gasteiger partial charge >= 0.3 is 5.97 Å². The third-order valence-corrected chi connectivity index (χ3v) is 4.03. The van der Waals surface area contributed by atoms with Crippen molar-refractivity contribution in [1.29, 1.82) is 0 Å². The van der Waals surface area contributed by atoms with Crippen LogP contribution in [0.25, 0.3) is 10.8 Å². The number of rotatable bonds is 7. The van der Waals surface area contributed by atoms with Crippen molar-refractivity contribution in [2.24, 2.45) is 0 Å². The van der Waals surface area contributed by atoms with Crippen molar-refractivity contribution in [3.63, 3.8) is 0 Å². The number of para-hydroxylation sites is 1. The second kappa shape index (κ2) is 8.85. The highest BCUT2D eigenvalue weighted by Gasteiger charge is 2.21. The number of esters is 1.